The maximum absolute atomic E-state index is 12.8. The van der Waals surface area contributed by atoms with Gasteiger partial charge in [0.15, 0.2) is 11.4 Å². The van der Waals surface area contributed by atoms with Gasteiger partial charge in [-0.1, -0.05) is 0 Å². The summed E-state index contributed by atoms with van der Waals surface area (Å²) < 4.78 is 13.2. The molecule has 7 nitrogen and oxygen atoms in total. The number of aromatic nitrogens is 3. The molecule has 0 saturated carbocycles. The first-order valence-corrected chi connectivity index (χ1v) is 7.97. The molecule has 0 unspecified atom stereocenters. The van der Waals surface area contributed by atoms with Gasteiger partial charge in [-0.15, -0.1) is 0 Å². The minimum absolute atomic E-state index is 0.00194. The predicted molar refractivity (Wildman–Crippen MR) is 82.2 cm³/mol. The van der Waals surface area contributed by atoms with Crippen molar-refractivity contribution < 1.29 is 14.3 Å². The summed E-state index contributed by atoms with van der Waals surface area (Å²) in [6.45, 7) is 6.38. The Labute approximate surface area is 134 Å². The number of rotatable bonds is 1. The number of nitrogens with zero attached hydrogens (tertiary/aromatic N) is 4. The highest BCUT2D eigenvalue weighted by molar-refractivity contribution is 5.95. The average molecular weight is 316 g/mol. The summed E-state index contributed by atoms with van der Waals surface area (Å²) in [6.07, 6.45) is 3.09. The van der Waals surface area contributed by atoms with Crippen molar-refractivity contribution in [3.63, 3.8) is 0 Å². The summed E-state index contributed by atoms with van der Waals surface area (Å²) in [7, 11) is 0. The first-order chi connectivity index (χ1) is 11.1. The van der Waals surface area contributed by atoms with Gasteiger partial charge in [-0.3, -0.25) is 4.79 Å². The van der Waals surface area contributed by atoms with Crippen LogP contribution in [0.15, 0.2) is 12.3 Å². The average Bonchev–Trinajstić information content (AvgIpc) is 3.15. The van der Waals surface area contributed by atoms with Gasteiger partial charge < -0.3 is 14.4 Å². The van der Waals surface area contributed by atoms with E-state index in [9.17, 15) is 4.79 Å². The van der Waals surface area contributed by atoms with Crippen LogP contribution in [0.3, 0.4) is 0 Å². The quantitative estimate of drug-likeness (QED) is 0.794. The first kappa shape index (κ1) is 14.6. The minimum Gasteiger partial charge on any atom is -0.347 e. The molecule has 23 heavy (non-hydrogen) atoms. The lowest BCUT2D eigenvalue weighted by molar-refractivity contribution is -0.181. The van der Waals surface area contributed by atoms with Crippen LogP contribution in [0.1, 0.15) is 34.6 Å². The van der Waals surface area contributed by atoms with E-state index in [-0.39, 0.29) is 5.91 Å². The zero-order valence-electron chi connectivity index (χ0n) is 13.4. The van der Waals surface area contributed by atoms with Crippen molar-refractivity contribution in [2.24, 2.45) is 0 Å². The van der Waals surface area contributed by atoms with Crippen LogP contribution in [0.2, 0.25) is 0 Å². The molecule has 2 aliphatic heterocycles. The third-order valence-electron chi connectivity index (χ3n) is 4.70. The summed E-state index contributed by atoms with van der Waals surface area (Å²) in [5.41, 5.74) is 3.08. The molecule has 1 amide bonds. The predicted octanol–water partition coefficient (Wildman–Crippen LogP) is 1.33. The van der Waals surface area contributed by atoms with Crippen molar-refractivity contribution in [3.05, 3.63) is 29.2 Å². The summed E-state index contributed by atoms with van der Waals surface area (Å²) in [5, 5.41) is 4.40. The van der Waals surface area contributed by atoms with Gasteiger partial charge in [0.05, 0.1) is 30.2 Å². The zero-order valence-corrected chi connectivity index (χ0v) is 13.4. The number of piperidine rings is 1. The van der Waals surface area contributed by atoms with Crippen molar-refractivity contribution in [2.75, 3.05) is 26.3 Å². The van der Waals surface area contributed by atoms with E-state index in [2.05, 4.69) is 10.1 Å². The van der Waals surface area contributed by atoms with Gasteiger partial charge in [-0.25, -0.2) is 9.50 Å². The maximum Gasteiger partial charge on any atom is 0.257 e. The van der Waals surface area contributed by atoms with Gasteiger partial charge in [0.25, 0.3) is 5.91 Å². The van der Waals surface area contributed by atoms with Gasteiger partial charge in [0.1, 0.15) is 0 Å². The number of likely N-dealkylation sites (tertiary alicyclic amines) is 1. The summed E-state index contributed by atoms with van der Waals surface area (Å²) in [4.78, 5) is 19.0. The van der Waals surface area contributed by atoms with E-state index in [1.807, 2.05) is 24.8 Å². The molecular weight excluding hydrogens is 296 g/mol. The maximum atomic E-state index is 12.8. The Kier molecular flexibility index (Phi) is 3.35. The number of aryl methyl sites for hydroxylation is 2. The molecule has 0 atom stereocenters. The van der Waals surface area contributed by atoms with Crippen molar-refractivity contribution in [2.45, 2.75) is 32.5 Å². The Morgan fingerprint density at radius 1 is 1.22 bits per heavy atom. The molecule has 0 N–H and O–H groups in total. The summed E-state index contributed by atoms with van der Waals surface area (Å²) >= 11 is 0. The number of carbonyl (C=O) groups excluding carboxylic acids is 1. The fraction of sp³-hybridized carbons (Fsp3) is 0.562. The molecule has 2 aliphatic rings. The van der Waals surface area contributed by atoms with Crippen LogP contribution in [-0.2, 0) is 9.47 Å². The molecule has 122 valence electrons. The SMILES string of the molecule is Cc1cc2ncc(C(=O)N3CCC4(CC3)OCCO4)c(C)n2n1. The van der Waals surface area contributed by atoms with Crippen LogP contribution < -0.4 is 0 Å². The number of ether oxygens (including phenoxy) is 2. The highest BCUT2D eigenvalue weighted by Gasteiger charge is 2.41. The van der Waals surface area contributed by atoms with E-state index in [1.165, 1.54) is 0 Å². The van der Waals surface area contributed by atoms with E-state index in [4.69, 9.17) is 9.47 Å². The lowest BCUT2D eigenvalue weighted by Gasteiger charge is -2.37. The third-order valence-corrected chi connectivity index (χ3v) is 4.70. The number of fused-ring (bicyclic) bond motifs is 1. The van der Waals surface area contributed by atoms with Gasteiger partial charge in [0.2, 0.25) is 0 Å². The molecule has 2 saturated heterocycles. The molecule has 2 aromatic heterocycles. The number of hydrogen-bond acceptors (Lipinski definition) is 5. The standard InChI is InChI=1S/C16H20N4O3/c1-11-9-14-17-10-13(12(2)20(14)18-11)15(21)19-5-3-16(4-6-19)22-7-8-23-16/h9-10H,3-8H2,1-2H3. The van der Waals surface area contributed by atoms with E-state index in [0.717, 1.165) is 17.0 Å². The summed E-state index contributed by atoms with van der Waals surface area (Å²) in [5.74, 6) is -0.467. The van der Waals surface area contributed by atoms with E-state index < -0.39 is 5.79 Å². The highest BCUT2D eigenvalue weighted by atomic mass is 16.7. The topological polar surface area (TPSA) is 69.0 Å². The normalized spacial score (nSPS) is 20.5. The van der Waals surface area contributed by atoms with Crippen LogP contribution in [-0.4, -0.2) is 57.5 Å². The van der Waals surface area contributed by atoms with Crippen LogP contribution in [0.25, 0.3) is 5.65 Å². The molecule has 4 heterocycles. The molecule has 0 aromatic carbocycles. The van der Waals surface area contributed by atoms with Crippen molar-refractivity contribution in [1.82, 2.24) is 19.5 Å². The van der Waals surface area contributed by atoms with Crippen molar-refractivity contribution in [1.29, 1.82) is 0 Å². The molecule has 0 aliphatic carbocycles. The van der Waals surface area contributed by atoms with Gasteiger partial charge in [-0.2, -0.15) is 5.10 Å². The summed E-state index contributed by atoms with van der Waals surface area (Å²) in [6, 6.07) is 1.90. The van der Waals surface area contributed by atoms with E-state index >= 15 is 0 Å². The largest absolute Gasteiger partial charge is 0.347 e. The molecule has 4 rings (SSSR count). The molecule has 2 aromatic rings. The molecule has 0 radical (unpaired) electrons. The molecule has 7 heteroatoms. The Hall–Kier alpha value is -1.99. The van der Waals surface area contributed by atoms with Gasteiger partial charge in [-0.05, 0) is 13.8 Å². The van der Waals surface area contributed by atoms with Crippen molar-refractivity contribution in [3.8, 4) is 0 Å². The lowest BCUT2D eigenvalue weighted by atomic mass is 10.0. The monoisotopic (exact) mass is 316 g/mol. The molecule has 1 spiro atoms. The van der Waals surface area contributed by atoms with Crippen molar-refractivity contribution >= 4 is 11.6 Å². The van der Waals surface area contributed by atoms with Crippen LogP contribution >= 0.6 is 0 Å². The number of amides is 1. The zero-order chi connectivity index (χ0) is 16.0. The van der Waals surface area contributed by atoms with Gasteiger partial charge in [0, 0.05) is 38.2 Å². The Morgan fingerprint density at radius 2 is 1.91 bits per heavy atom. The van der Waals surface area contributed by atoms with Gasteiger partial charge >= 0.3 is 0 Å². The minimum atomic E-state index is -0.465. The molecule has 0 bridgehead atoms. The fourth-order valence-corrected chi connectivity index (χ4v) is 3.38. The highest BCUT2D eigenvalue weighted by Crippen LogP contribution is 2.31. The Balaban J connectivity index is 1.56. The second-order valence-electron chi connectivity index (χ2n) is 6.21. The number of carbonyl (C=O) groups is 1. The molecule has 2 fully saturated rings. The van der Waals surface area contributed by atoms with E-state index in [1.54, 1.807) is 10.7 Å². The second kappa shape index (κ2) is 5.28. The fourth-order valence-electron chi connectivity index (χ4n) is 3.38. The van der Waals surface area contributed by atoms with Crippen LogP contribution in [0, 0.1) is 13.8 Å². The first-order valence-electron chi connectivity index (χ1n) is 7.97. The lowest BCUT2D eigenvalue weighted by Crippen LogP contribution is -2.47. The number of hydrogen-bond donors (Lipinski definition) is 0. The smallest absolute Gasteiger partial charge is 0.257 e. The second-order valence-corrected chi connectivity index (χ2v) is 6.21. The Morgan fingerprint density at radius 3 is 2.61 bits per heavy atom. The third kappa shape index (κ3) is 2.40. The Bertz CT molecular complexity index is 754. The van der Waals surface area contributed by atoms with E-state index in [0.29, 0.717) is 44.7 Å². The molecular formula is C16H20N4O3. The van der Waals surface area contributed by atoms with Crippen LogP contribution in [0.5, 0.6) is 0 Å². The van der Waals surface area contributed by atoms with Crippen LogP contribution in [0.4, 0.5) is 0 Å².